The third-order valence-electron chi connectivity index (χ3n) is 2.57. The molecule has 1 N–H and O–H groups in total. The van der Waals surface area contributed by atoms with Crippen LogP contribution in [0.2, 0.25) is 0 Å². The van der Waals surface area contributed by atoms with E-state index in [2.05, 4.69) is 10.1 Å². The van der Waals surface area contributed by atoms with E-state index in [0.29, 0.717) is 11.4 Å². The first-order chi connectivity index (χ1) is 8.30. The van der Waals surface area contributed by atoms with Crippen LogP contribution < -0.4 is 0 Å². The summed E-state index contributed by atoms with van der Waals surface area (Å²) < 4.78 is 6.94. The molecule has 2 rings (SSSR count). The largest absolute Gasteiger partial charge is 0.475 e. The minimum atomic E-state index is -1.11. The minimum Gasteiger partial charge on any atom is -0.475 e. The SMILES string of the molecule is Cn1nccc1-c1nc(C(C)(C)C)c(C(=O)O)o1. The van der Waals surface area contributed by atoms with Crippen LogP contribution in [0.25, 0.3) is 11.6 Å². The fourth-order valence-corrected chi connectivity index (χ4v) is 1.67. The Hall–Kier alpha value is -2.11. The molecular weight excluding hydrogens is 234 g/mol. The summed E-state index contributed by atoms with van der Waals surface area (Å²) >= 11 is 0. The number of nitrogens with zero attached hydrogens (tertiary/aromatic N) is 3. The number of oxazole rings is 1. The van der Waals surface area contributed by atoms with Crippen molar-refractivity contribution in [3.05, 3.63) is 23.7 Å². The first kappa shape index (κ1) is 12.3. The molecule has 18 heavy (non-hydrogen) atoms. The van der Waals surface area contributed by atoms with Crippen molar-refractivity contribution in [2.24, 2.45) is 7.05 Å². The van der Waals surface area contributed by atoms with Gasteiger partial charge in [-0.3, -0.25) is 4.68 Å². The van der Waals surface area contributed by atoms with E-state index in [1.165, 1.54) is 0 Å². The van der Waals surface area contributed by atoms with Crippen LogP contribution in [0.4, 0.5) is 0 Å². The van der Waals surface area contributed by atoms with Gasteiger partial charge in [-0.15, -0.1) is 0 Å². The van der Waals surface area contributed by atoms with E-state index in [9.17, 15) is 4.79 Å². The van der Waals surface area contributed by atoms with Crippen LogP contribution in [-0.4, -0.2) is 25.8 Å². The van der Waals surface area contributed by atoms with Crippen LogP contribution in [0.3, 0.4) is 0 Å². The Morgan fingerprint density at radius 2 is 2.11 bits per heavy atom. The molecule has 0 aliphatic carbocycles. The van der Waals surface area contributed by atoms with E-state index >= 15 is 0 Å². The van der Waals surface area contributed by atoms with E-state index < -0.39 is 11.4 Å². The molecule has 0 unspecified atom stereocenters. The molecule has 0 aliphatic rings. The Bertz CT molecular complexity index is 590. The topological polar surface area (TPSA) is 81.2 Å². The van der Waals surface area contributed by atoms with E-state index in [-0.39, 0.29) is 11.7 Å². The smallest absolute Gasteiger partial charge is 0.373 e. The van der Waals surface area contributed by atoms with Gasteiger partial charge in [0, 0.05) is 18.7 Å². The molecule has 2 heterocycles. The molecule has 0 saturated heterocycles. The highest BCUT2D eigenvalue weighted by atomic mass is 16.4. The molecule has 0 bridgehead atoms. The zero-order valence-corrected chi connectivity index (χ0v) is 10.8. The van der Waals surface area contributed by atoms with Crippen molar-refractivity contribution in [3.63, 3.8) is 0 Å². The molecule has 2 aromatic heterocycles. The normalized spacial score (nSPS) is 11.8. The van der Waals surface area contributed by atoms with Crippen LogP contribution in [0.1, 0.15) is 37.0 Å². The monoisotopic (exact) mass is 249 g/mol. The summed E-state index contributed by atoms with van der Waals surface area (Å²) in [6.45, 7) is 5.68. The number of carbonyl (C=O) groups is 1. The molecule has 6 heteroatoms. The van der Waals surface area contributed by atoms with Gasteiger partial charge in [0.05, 0.1) is 0 Å². The van der Waals surface area contributed by atoms with Crippen molar-refractivity contribution in [3.8, 4) is 11.6 Å². The number of rotatable bonds is 2. The number of aromatic carboxylic acids is 1. The van der Waals surface area contributed by atoms with Gasteiger partial charge < -0.3 is 9.52 Å². The first-order valence-corrected chi connectivity index (χ1v) is 5.53. The fraction of sp³-hybridized carbons (Fsp3) is 0.417. The fourth-order valence-electron chi connectivity index (χ4n) is 1.67. The second-order valence-corrected chi connectivity index (χ2v) is 5.09. The predicted molar refractivity (Wildman–Crippen MR) is 64.4 cm³/mol. The molecule has 0 radical (unpaired) electrons. The second kappa shape index (κ2) is 3.97. The lowest BCUT2D eigenvalue weighted by molar-refractivity contribution is 0.0659. The van der Waals surface area contributed by atoms with Gasteiger partial charge in [0.15, 0.2) is 0 Å². The van der Waals surface area contributed by atoms with Crippen molar-refractivity contribution >= 4 is 5.97 Å². The van der Waals surface area contributed by atoms with E-state index in [1.807, 2.05) is 20.8 Å². The van der Waals surface area contributed by atoms with Gasteiger partial charge in [0.1, 0.15) is 11.4 Å². The standard InChI is InChI=1S/C12H15N3O3/c1-12(2,3)9-8(11(16)17)18-10(14-9)7-5-6-13-15(7)4/h5-6H,1-4H3,(H,16,17). The summed E-state index contributed by atoms with van der Waals surface area (Å²) in [6, 6.07) is 1.73. The van der Waals surface area contributed by atoms with Crippen molar-refractivity contribution < 1.29 is 14.3 Å². The molecule has 6 nitrogen and oxygen atoms in total. The van der Waals surface area contributed by atoms with Gasteiger partial charge in [-0.05, 0) is 6.07 Å². The van der Waals surface area contributed by atoms with E-state index in [1.54, 1.807) is 24.0 Å². The van der Waals surface area contributed by atoms with Gasteiger partial charge in [-0.2, -0.15) is 5.10 Å². The van der Waals surface area contributed by atoms with Crippen LogP contribution in [0.5, 0.6) is 0 Å². The molecule has 2 aromatic rings. The maximum absolute atomic E-state index is 11.2. The molecule has 0 atom stereocenters. The summed E-state index contributed by atoms with van der Waals surface area (Å²) in [7, 11) is 1.75. The van der Waals surface area contributed by atoms with Gasteiger partial charge in [0.25, 0.3) is 0 Å². The Balaban J connectivity index is 2.60. The number of aromatic nitrogens is 3. The third kappa shape index (κ3) is 2.01. The van der Waals surface area contributed by atoms with Crippen LogP contribution >= 0.6 is 0 Å². The number of hydrogen-bond donors (Lipinski definition) is 1. The average Bonchev–Trinajstić information content (AvgIpc) is 2.81. The summed E-state index contributed by atoms with van der Waals surface area (Å²) in [5, 5.41) is 13.2. The average molecular weight is 249 g/mol. The quantitative estimate of drug-likeness (QED) is 0.881. The first-order valence-electron chi connectivity index (χ1n) is 5.53. The molecule has 0 spiro atoms. The highest BCUT2D eigenvalue weighted by Gasteiger charge is 2.29. The van der Waals surface area contributed by atoms with Crippen molar-refractivity contribution in [1.29, 1.82) is 0 Å². The van der Waals surface area contributed by atoms with Crippen LogP contribution in [0.15, 0.2) is 16.7 Å². The summed E-state index contributed by atoms with van der Waals surface area (Å²) in [4.78, 5) is 15.5. The van der Waals surface area contributed by atoms with Crippen molar-refractivity contribution in [2.45, 2.75) is 26.2 Å². The predicted octanol–water partition coefficient (Wildman–Crippen LogP) is 2.07. The Morgan fingerprint density at radius 1 is 1.44 bits per heavy atom. The molecule has 0 fully saturated rings. The molecule has 0 saturated carbocycles. The van der Waals surface area contributed by atoms with Crippen molar-refractivity contribution in [2.75, 3.05) is 0 Å². The highest BCUT2D eigenvalue weighted by Crippen LogP contribution is 2.29. The van der Waals surface area contributed by atoms with Gasteiger partial charge >= 0.3 is 5.97 Å². The van der Waals surface area contributed by atoms with Gasteiger partial charge in [0.2, 0.25) is 11.7 Å². The van der Waals surface area contributed by atoms with Crippen molar-refractivity contribution in [1.82, 2.24) is 14.8 Å². The summed E-state index contributed by atoms with van der Waals surface area (Å²) in [5.41, 5.74) is 0.688. The Labute approximate surface area is 104 Å². The number of carboxylic acid groups (broad SMARTS) is 1. The zero-order valence-electron chi connectivity index (χ0n) is 10.8. The Kier molecular flexibility index (Phi) is 2.73. The molecule has 0 aromatic carbocycles. The minimum absolute atomic E-state index is 0.112. The highest BCUT2D eigenvalue weighted by molar-refractivity contribution is 5.86. The lowest BCUT2D eigenvalue weighted by Gasteiger charge is -2.14. The lowest BCUT2D eigenvalue weighted by atomic mass is 9.91. The second-order valence-electron chi connectivity index (χ2n) is 5.09. The van der Waals surface area contributed by atoms with Gasteiger partial charge in [-0.25, -0.2) is 9.78 Å². The lowest BCUT2D eigenvalue weighted by Crippen LogP contribution is -2.16. The van der Waals surface area contributed by atoms with Crippen LogP contribution in [-0.2, 0) is 12.5 Å². The summed E-state index contributed by atoms with van der Waals surface area (Å²) in [5.74, 6) is -0.947. The maximum atomic E-state index is 11.2. The molecular formula is C12H15N3O3. The Morgan fingerprint density at radius 3 is 2.50 bits per heavy atom. The van der Waals surface area contributed by atoms with E-state index in [4.69, 9.17) is 9.52 Å². The third-order valence-corrected chi connectivity index (χ3v) is 2.57. The maximum Gasteiger partial charge on any atom is 0.373 e. The zero-order chi connectivity index (χ0) is 13.5. The number of aryl methyl sites for hydroxylation is 1. The number of hydrogen-bond acceptors (Lipinski definition) is 4. The van der Waals surface area contributed by atoms with E-state index in [0.717, 1.165) is 0 Å². The molecule has 0 aliphatic heterocycles. The van der Waals surface area contributed by atoms with Gasteiger partial charge in [-0.1, -0.05) is 20.8 Å². The summed E-state index contributed by atoms with van der Waals surface area (Å²) in [6.07, 6.45) is 1.61. The van der Waals surface area contributed by atoms with Crippen LogP contribution in [0, 0.1) is 0 Å². The molecule has 96 valence electrons. The number of carboxylic acids is 1. The molecule has 0 amide bonds.